The predicted octanol–water partition coefficient (Wildman–Crippen LogP) is -0.167. The molecule has 115 heavy (non-hydrogen) atoms. The van der Waals surface area contributed by atoms with Crippen molar-refractivity contribution in [3.63, 3.8) is 0 Å². The Hall–Kier alpha value is -9.56. The van der Waals surface area contributed by atoms with Crippen molar-refractivity contribution >= 4 is 94.7 Å². The lowest BCUT2D eigenvalue weighted by molar-refractivity contribution is -0.148. The largest absolute Gasteiger partial charge is 0.480 e. The van der Waals surface area contributed by atoms with Crippen LogP contribution in [0.3, 0.4) is 0 Å². The van der Waals surface area contributed by atoms with Crippen LogP contribution in [-0.4, -0.2) is 308 Å². The van der Waals surface area contributed by atoms with E-state index in [-0.39, 0.29) is 146 Å². The van der Waals surface area contributed by atoms with E-state index in [1.165, 1.54) is 28.3 Å². The lowest BCUT2D eigenvalue weighted by Crippen LogP contribution is -2.59. The van der Waals surface area contributed by atoms with Crippen molar-refractivity contribution in [2.75, 3.05) is 128 Å². The highest BCUT2D eigenvalue weighted by atomic mass is 16.6. The van der Waals surface area contributed by atoms with Crippen LogP contribution in [0.4, 0.5) is 4.79 Å². The van der Waals surface area contributed by atoms with Crippen molar-refractivity contribution < 1.29 is 115 Å². The van der Waals surface area contributed by atoms with Crippen LogP contribution in [0.1, 0.15) is 138 Å². The van der Waals surface area contributed by atoms with Crippen LogP contribution in [0.5, 0.6) is 0 Å². The zero-order valence-electron chi connectivity index (χ0n) is 69.1. The molecular weight excluding hydrogens is 1500 g/mol. The summed E-state index contributed by atoms with van der Waals surface area (Å²) < 4.78 is 38.3. The molecule has 0 bridgehead atoms. The number of likely N-dealkylation sites (tertiary alicyclic amines) is 1. The van der Waals surface area contributed by atoms with Gasteiger partial charge in [-0.1, -0.05) is 85.2 Å². The van der Waals surface area contributed by atoms with Crippen LogP contribution >= 0.6 is 0 Å². The summed E-state index contributed by atoms with van der Waals surface area (Å²) in [4.78, 5) is 214. The summed E-state index contributed by atoms with van der Waals surface area (Å²) in [6, 6.07) is 1.26. The molecule has 37 nitrogen and oxygen atoms in total. The summed E-state index contributed by atoms with van der Waals surface area (Å²) in [5.41, 5.74) is 0.743. The van der Waals surface area contributed by atoms with Crippen LogP contribution in [0.25, 0.3) is 0 Å². The molecule has 1 aromatic rings. The van der Waals surface area contributed by atoms with Crippen LogP contribution in [0.2, 0.25) is 0 Å². The van der Waals surface area contributed by atoms with Gasteiger partial charge in [0.15, 0.2) is 0 Å². The first-order valence-electron chi connectivity index (χ1n) is 39.2. The van der Waals surface area contributed by atoms with Gasteiger partial charge in [0, 0.05) is 118 Å². The number of nitrogens with one attached hydrogen (secondary N) is 9. The van der Waals surface area contributed by atoms with Gasteiger partial charge in [0.2, 0.25) is 59.1 Å². The molecule has 0 spiro atoms. The van der Waals surface area contributed by atoms with Crippen molar-refractivity contribution in [2.45, 2.75) is 199 Å². The molecule has 646 valence electrons. The molecule has 12 atom stereocenters. The standard InChI is InChI=1S/C78H125N13O24/c1-15-50(6)69(89(11)75(104)67(48(2)3)87-74(103)68(49(4)5)88(9)10)59(110-13)45-66(99)90-36-19-25-58(90)70(111-14)51(7)71(100)86-56(44-53-22-17-16-18-23-53)72(101)79-33-21-39-114-77(107)52(8)83-61(94)27-26-55(76(105)106)84-62(95)30-34-81-78(108)115-47-57(73(102)80-35-41-109-12)85-63(96)46-82-60(93)32-40-113-43-42-112-38-20-24-54(92)31-37-91-64(97)28-29-65(91)98/h16-18,22-23,28-29,48-52,55-59,67-70H,15,19-21,24-27,30-47H2,1-14H3,(H,79,101)(H,80,102)(H,81,108)(H,82,93)(H,83,94)(H,84,95)(H,85,96)(H,86,100)(H,87,103)(H,105,106)/t50-,51+,52?,55-,56-,57?,58-,59+,67?,68-,69-,70+/m0/s1. The minimum atomic E-state index is -1.58. The van der Waals surface area contributed by atoms with Gasteiger partial charge in [-0.05, 0) is 76.4 Å². The number of ether oxygens (including phenoxy) is 7. The molecule has 37 heteroatoms. The number of hydrogen-bond donors (Lipinski definition) is 10. The quantitative estimate of drug-likeness (QED) is 0.0230. The molecule has 0 aliphatic carbocycles. The summed E-state index contributed by atoms with van der Waals surface area (Å²) in [6.07, 6.45) is 0.695. The van der Waals surface area contributed by atoms with Crippen molar-refractivity contribution in [1.82, 2.24) is 67.5 Å². The number of amides is 13. The minimum absolute atomic E-state index is 0.00148. The Morgan fingerprint density at radius 1 is 0.600 bits per heavy atom. The molecule has 1 saturated heterocycles. The average molecular weight is 1630 g/mol. The Kier molecular flexibility index (Phi) is 46.4. The molecule has 2 aliphatic rings. The van der Waals surface area contributed by atoms with Crippen molar-refractivity contribution in [3.8, 4) is 0 Å². The number of esters is 1. The molecule has 0 aromatic heterocycles. The smallest absolute Gasteiger partial charge is 0.407 e. The Labute approximate surface area is 673 Å². The number of ketones is 1. The lowest BCUT2D eigenvalue weighted by atomic mass is 9.89. The second-order valence-electron chi connectivity index (χ2n) is 29.3. The monoisotopic (exact) mass is 1630 g/mol. The first-order valence-corrected chi connectivity index (χ1v) is 39.2. The van der Waals surface area contributed by atoms with Gasteiger partial charge < -0.3 is 95.9 Å². The van der Waals surface area contributed by atoms with E-state index in [1.807, 2.05) is 66.6 Å². The number of rotatable bonds is 57. The first-order chi connectivity index (χ1) is 54.6. The number of nitrogens with zero attached hydrogens (tertiary/aromatic N) is 4. The first kappa shape index (κ1) is 99.6. The number of hydrogen-bond acceptors (Lipinski definition) is 24. The zero-order chi connectivity index (χ0) is 85.9. The molecule has 3 rings (SSSR count). The normalized spacial score (nSPS) is 16.2. The van der Waals surface area contributed by atoms with Crippen LogP contribution in [0, 0.1) is 23.7 Å². The highest BCUT2D eigenvalue weighted by Crippen LogP contribution is 2.30. The summed E-state index contributed by atoms with van der Waals surface area (Å²) in [6.45, 7) is 13.8. The average Bonchev–Trinajstić information content (AvgIpc) is 1.80. The SMILES string of the molecule is CC[C@H](C)[C@@H]([C@@H](CC(=O)N1CCC[C@H]1[C@H](OC)[C@@H](C)C(=O)N[C@@H](Cc1ccccc1)C(=O)NCCCOC(=O)C(C)NC(=O)CC[C@H](NC(=O)CCNC(=O)OCC(NC(=O)CNC(=O)CCOCCOCCCC(=O)CCN1C(=O)C=CC1=O)C(=O)NCCOC)C(=O)O)OC)N(C)C(=O)C(NC(=O)[C@H](C(C)C)N(C)C)C(C)C. The van der Waals surface area contributed by atoms with Crippen LogP contribution in [-0.2, 0) is 111 Å². The van der Waals surface area contributed by atoms with Crippen LogP contribution in [0.15, 0.2) is 42.5 Å². The minimum Gasteiger partial charge on any atom is -0.480 e. The highest BCUT2D eigenvalue weighted by molar-refractivity contribution is 6.13. The third kappa shape index (κ3) is 36.0. The van der Waals surface area contributed by atoms with E-state index in [0.717, 1.165) is 22.6 Å². The molecule has 2 heterocycles. The van der Waals surface area contributed by atoms with Gasteiger partial charge in [0.25, 0.3) is 11.8 Å². The van der Waals surface area contributed by atoms with E-state index >= 15 is 0 Å². The van der Waals surface area contributed by atoms with E-state index in [4.69, 9.17) is 33.2 Å². The Bertz CT molecular complexity index is 3360. The maximum Gasteiger partial charge on any atom is 0.407 e. The Morgan fingerprint density at radius 2 is 1.24 bits per heavy atom. The van der Waals surface area contributed by atoms with Crippen molar-refractivity contribution in [3.05, 3.63) is 48.0 Å². The van der Waals surface area contributed by atoms with Crippen molar-refractivity contribution in [2.24, 2.45) is 23.7 Å². The van der Waals surface area contributed by atoms with Crippen LogP contribution < -0.4 is 47.9 Å². The summed E-state index contributed by atoms with van der Waals surface area (Å²) >= 11 is 0. The number of aliphatic carboxylic acids is 1. The second-order valence-corrected chi connectivity index (χ2v) is 29.3. The van der Waals surface area contributed by atoms with Gasteiger partial charge in [-0.3, -0.25) is 72.1 Å². The fraction of sp³-hybridized carbons (Fsp3) is 0.692. The van der Waals surface area contributed by atoms with E-state index in [2.05, 4.69) is 47.9 Å². The number of alkyl carbamates (subject to hydrolysis) is 1. The zero-order valence-corrected chi connectivity index (χ0v) is 69.1. The molecule has 1 aromatic carbocycles. The number of carbonyl (C=O) groups excluding carboxylic acids is 15. The van der Waals surface area contributed by atoms with Gasteiger partial charge >= 0.3 is 18.0 Å². The number of methoxy groups -OCH3 is 3. The predicted molar refractivity (Wildman–Crippen MR) is 417 cm³/mol. The van der Waals surface area contributed by atoms with Gasteiger partial charge in [-0.15, -0.1) is 0 Å². The molecule has 0 saturated carbocycles. The Balaban J connectivity index is 1.45. The van der Waals surface area contributed by atoms with E-state index in [1.54, 1.807) is 48.0 Å². The lowest BCUT2D eigenvalue weighted by Gasteiger charge is -2.41. The van der Waals surface area contributed by atoms with Gasteiger partial charge in [-0.25, -0.2) is 14.4 Å². The maximum absolute atomic E-state index is 14.6. The van der Waals surface area contributed by atoms with E-state index in [9.17, 15) is 81.8 Å². The second kappa shape index (κ2) is 53.6. The fourth-order valence-electron chi connectivity index (χ4n) is 13.1. The number of carbonyl (C=O) groups is 16. The number of imide groups is 1. The van der Waals surface area contributed by atoms with E-state index < -0.39 is 170 Å². The van der Waals surface area contributed by atoms with Gasteiger partial charge in [-0.2, -0.15) is 0 Å². The highest BCUT2D eigenvalue weighted by Gasteiger charge is 2.44. The third-order valence-corrected chi connectivity index (χ3v) is 19.6. The molecule has 13 amide bonds. The molecule has 3 unspecified atom stereocenters. The maximum atomic E-state index is 14.6. The summed E-state index contributed by atoms with van der Waals surface area (Å²) in [5, 5.41) is 32.8. The topological polar surface area (TPSA) is 479 Å². The number of carboxylic acids is 1. The number of Topliss-reactive ketones (excluding diaryl/α,β-unsaturated/α-hetero) is 1. The summed E-state index contributed by atoms with van der Waals surface area (Å²) in [7, 11) is 9.67. The molecule has 2 aliphatic heterocycles. The number of benzene rings is 1. The molecule has 10 N–H and O–H groups in total. The molecular formula is C78H125N13O24. The number of likely N-dealkylation sites (N-methyl/N-ethyl adjacent to an activating group) is 2. The number of carboxylic acid groups (broad SMARTS) is 1. The Morgan fingerprint density at radius 3 is 1.86 bits per heavy atom. The van der Waals surface area contributed by atoms with Gasteiger partial charge in [0.05, 0.1) is 82.3 Å². The molecule has 1 fully saturated rings. The molecule has 0 radical (unpaired) electrons. The van der Waals surface area contributed by atoms with Gasteiger partial charge in [0.1, 0.15) is 42.6 Å². The van der Waals surface area contributed by atoms with E-state index in [0.29, 0.717) is 32.2 Å². The summed E-state index contributed by atoms with van der Waals surface area (Å²) in [5.74, 6) is -10.3. The third-order valence-electron chi connectivity index (χ3n) is 19.6. The fourth-order valence-corrected chi connectivity index (χ4v) is 13.1. The van der Waals surface area contributed by atoms with Crippen molar-refractivity contribution in [1.29, 1.82) is 0 Å².